The SMILES string of the molecule is CCNc1c(F)cccc1C(=O)NC1CCSCC1. The molecule has 0 aromatic heterocycles. The number of halogens is 1. The van der Waals surface area contributed by atoms with Crippen LogP contribution < -0.4 is 10.6 Å². The van der Waals surface area contributed by atoms with Crippen molar-refractivity contribution in [3.8, 4) is 0 Å². The number of benzene rings is 1. The van der Waals surface area contributed by atoms with Crippen LogP contribution >= 0.6 is 11.8 Å². The summed E-state index contributed by atoms with van der Waals surface area (Å²) in [7, 11) is 0. The van der Waals surface area contributed by atoms with Crippen LogP contribution in [0.2, 0.25) is 0 Å². The number of amides is 1. The summed E-state index contributed by atoms with van der Waals surface area (Å²) in [5, 5.41) is 5.92. The summed E-state index contributed by atoms with van der Waals surface area (Å²) in [6, 6.07) is 4.81. The standard InChI is InChI=1S/C14H19FN2OS/c1-2-16-13-11(4-3-5-12(13)15)14(18)17-10-6-8-19-9-7-10/h3-5,10,16H,2,6-9H2,1H3,(H,17,18). The van der Waals surface area contributed by atoms with E-state index in [9.17, 15) is 9.18 Å². The van der Waals surface area contributed by atoms with Gasteiger partial charge in [-0.25, -0.2) is 4.39 Å². The fourth-order valence-corrected chi connectivity index (χ4v) is 3.28. The topological polar surface area (TPSA) is 41.1 Å². The van der Waals surface area contributed by atoms with Gasteiger partial charge in [0.05, 0.1) is 11.3 Å². The lowest BCUT2D eigenvalue weighted by Crippen LogP contribution is -2.37. The zero-order valence-corrected chi connectivity index (χ0v) is 11.9. The van der Waals surface area contributed by atoms with Gasteiger partial charge in [-0.1, -0.05) is 6.07 Å². The van der Waals surface area contributed by atoms with E-state index in [-0.39, 0.29) is 17.8 Å². The molecule has 0 aliphatic carbocycles. The average molecular weight is 282 g/mol. The van der Waals surface area contributed by atoms with Crippen molar-refractivity contribution in [3.05, 3.63) is 29.6 Å². The van der Waals surface area contributed by atoms with E-state index in [4.69, 9.17) is 0 Å². The molecule has 0 atom stereocenters. The van der Waals surface area contributed by atoms with E-state index < -0.39 is 0 Å². The molecule has 2 rings (SSSR count). The summed E-state index contributed by atoms with van der Waals surface area (Å²) in [6.45, 7) is 2.47. The first-order chi connectivity index (χ1) is 9.22. The fraction of sp³-hybridized carbons (Fsp3) is 0.500. The molecule has 0 radical (unpaired) electrons. The Morgan fingerprint density at radius 1 is 1.42 bits per heavy atom. The Kier molecular flexibility index (Phi) is 5.07. The van der Waals surface area contributed by atoms with Crippen molar-refractivity contribution in [2.45, 2.75) is 25.8 Å². The molecule has 1 saturated heterocycles. The van der Waals surface area contributed by atoms with E-state index in [0.717, 1.165) is 24.3 Å². The van der Waals surface area contributed by atoms with Gasteiger partial charge in [0.1, 0.15) is 5.82 Å². The number of carbonyl (C=O) groups excluding carboxylic acids is 1. The van der Waals surface area contributed by atoms with Crippen LogP contribution in [0.25, 0.3) is 0 Å². The van der Waals surface area contributed by atoms with Gasteiger partial charge in [-0.15, -0.1) is 0 Å². The van der Waals surface area contributed by atoms with E-state index >= 15 is 0 Å². The molecule has 1 amide bonds. The summed E-state index contributed by atoms with van der Waals surface area (Å²) in [6.07, 6.45) is 1.98. The highest BCUT2D eigenvalue weighted by atomic mass is 32.2. The Bertz CT molecular complexity index is 447. The van der Waals surface area contributed by atoms with Gasteiger partial charge in [-0.3, -0.25) is 4.79 Å². The van der Waals surface area contributed by atoms with Crippen LogP contribution in [-0.4, -0.2) is 30.0 Å². The van der Waals surface area contributed by atoms with E-state index in [1.165, 1.54) is 6.07 Å². The third-order valence-electron chi connectivity index (χ3n) is 3.17. The molecule has 0 bridgehead atoms. The molecule has 0 unspecified atom stereocenters. The molecule has 1 aliphatic rings. The molecule has 104 valence electrons. The van der Waals surface area contributed by atoms with Gasteiger partial charge >= 0.3 is 0 Å². The first kappa shape index (κ1) is 14.2. The zero-order valence-electron chi connectivity index (χ0n) is 11.0. The van der Waals surface area contributed by atoms with E-state index in [1.807, 2.05) is 18.7 Å². The Morgan fingerprint density at radius 3 is 2.84 bits per heavy atom. The van der Waals surface area contributed by atoms with Crippen molar-refractivity contribution < 1.29 is 9.18 Å². The van der Waals surface area contributed by atoms with Gasteiger partial charge < -0.3 is 10.6 Å². The van der Waals surface area contributed by atoms with Crippen molar-refractivity contribution in [3.63, 3.8) is 0 Å². The van der Waals surface area contributed by atoms with Crippen molar-refractivity contribution in [2.75, 3.05) is 23.4 Å². The predicted octanol–water partition coefficient (Wildman–Crippen LogP) is 2.88. The monoisotopic (exact) mass is 282 g/mol. The number of para-hydroxylation sites is 1. The fourth-order valence-electron chi connectivity index (χ4n) is 2.17. The number of thioether (sulfide) groups is 1. The van der Waals surface area contributed by atoms with Crippen LogP contribution in [0.15, 0.2) is 18.2 Å². The lowest BCUT2D eigenvalue weighted by Gasteiger charge is -2.23. The third-order valence-corrected chi connectivity index (χ3v) is 4.22. The summed E-state index contributed by atoms with van der Waals surface area (Å²) in [4.78, 5) is 12.2. The zero-order chi connectivity index (χ0) is 13.7. The van der Waals surface area contributed by atoms with Gasteiger partial charge in [0.15, 0.2) is 0 Å². The average Bonchev–Trinajstić information content (AvgIpc) is 2.42. The molecule has 19 heavy (non-hydrogen) atoms. The quantitative estimate of drug-likeness (QED) is 0.892. The maximum Gasteiger partial charge on any atom is 0.253 e. The number of carbonyl (C=O) groups is 1. The molecule has 1 aliphatic heterocycles. The largest absolute Gasteiger partial charge is 0.382 e. The molecule has 1 aromatic rings. The molecule has 1 aromatic carbocycles. The third kappa shape index (κ3) is 3.62. The van der Waals surface area contributed by atoms with E-state index in [1.54, 1.807) is 12.1 Å². The van der Waals surface area contributed by atoms with Crippen LogP contribution in [0.5, 0.6) is 0 Å². The summed E-state index contributed by atoms with van der Waals surface area (Å²) in [5.74, 6) is 1.59. The van der Waals surface area contributed by atoms with Crippen molar-refractivity contribution in [1.29, 1.82) is 0 Å². The van der Waals surface area contributed by atoms with Crippen molar-refractivity contribution >= 4 is 23.4 Å². The molecule has 0 saturated carbocycles. The Hall–Kier alpha value is -1.23. The first-order valence-electron chi connectivity index (χ1n) is 6.63. The maximum atomic E-state index is 13.7. The highest BCUT2D eigenvalue weighted by molar-refractivity contribution is 7.99. The summed E-state index contributed by atoms with van der Waals surface area (Å²) < 4.78 is 13.7. The second-order valence-corrected chi connectivity index (χ2v) is 5.78. The minimum absolute atomic E-state index is 0.188. The van der Waals surface area contributed by atoms with Crippen molar-refractivity contribution in [1.82, 2.24) is 5.32 Å². The maximum absolute atomic E-state index is 13.7. The molecular weight excluding hydrogens is 263 g/mol. The van der Waals surface area contributed by atoms with Crippen LogP contribution in [0, 0.1) is 5.82 Å². The molecule has 5 heteroatoms. The van der Waals surface area contributed by atoms with Gasteiger partial charge in [0.2, 0.25) is 0 Å². The normalized spacial score (nSPS) is 16.1. The number of anilines is 1. The Balaban J connectivity index is 2.11. The lowest BCUT2D eigenvalue weighted by atomic mass is 10.1. The molecule has 1 fully saturated rings. The van der Waals surface area contributed by atoms with Crippen molar-refractivity contribution in [2.24, 2.45) is 0 Å². The number of hydrogen-bond donors (Lipinski definition) is 2. The first-order valence-corrected chi connectivity index (χ1v) is 7.79. The molecule has 3 nitrogen and oxygen atoms in total. The highest BCUT2D eigenvalue weighted by Crippen LogP contribution is 2.21. The highest BCUT2D eigenvalue weighted by Gasteiger charge is 2.19. The molecule has 0 spiro atoms. The van der Waals surface area contributed by atoms with Gasteiger partial charge in [0.25, 0.3) is 5.91 Å². The van der Waals surface area contributed by atoms with Gasteiger partial charge in [0, 0.05) is 12.6 Å². The lowest BCUT2D eigenvalue weighted by molar-refractivity contribution is 0.0935. The van der Waals surface area contributed by atoms with Gasteiger partial charge in [-0.05, 0) is 43.4 Å². The van der Waals surface area contributed by atoms with Crippen LogP contribution in [-0.2, 0) is 0 Å². The molecule has 2 N–H and O–H groups in total. The second kappa shape index (κ2) is 6.80. The minimum Gasteiger partial charge on any atom is -0.382 e. The smallest absolute Gasteiger partial charge is 0.253 e. The number of nitrogens with one attached hydrogen (secondary N) is 2. The number of rotatable bonds is 4. The Morgan fingerprint density at radius 2 is 2.16 bits per heavy atom. The molecule has 1 heterocycles. The van der Waals surface area contributed by atoms with Gasteiger partial charge in [-0.2, -0.15) is 11.8 Å². The summed E-state index contributed by atoms with van der Waals surface area (Å²) >= 11 is 1.91. The minimum atomic E-state index is -0.381. The Labute approximate surface area is 117 Å². The van der Waals surface area contributed by atoms with Crippen LogP contribution in [0.4, 0.5) is 10.1 Å². The number of hydrogen-bond acceptors (Lipinski definition) is 3. The summed E-state index contributed by atoms with van der Waals surface area (Å²) in [5.41, 5.74) is 0.688. The van der Waals surface area contributed by atoms with Crippen LogP contribution in [0.1, 0.15) is 30.1 Å². The predicted molar refractivity (Wildman–Crippen MR) is 78.4 cm³/mol. The van der Waals surface area contributed by atoms with E-state index in [0.29, 0.717) is 17.8 Å². The van der Waals surface area contributed by atoms with E-state index in [2.05, 4.69) is 10.6 Å². The second-order valence-electron chi connectivity index (χ2n) is 4.55. The molecular formula is C14H19FN2OS. The van der Waals surface area contributed by atoms with Crippen LogP contribution in [0.3, 0.4) is 0 Å².